The van der Waals surface area contributed by atoms with Gasteiger partial charge in [0.15, 0.2) is 0 Å². The Balaban J connectivity index is 2.22. The molecule has 1 aromatic heterocycles. The maximum Gasteiger partial charge on any atom is 0.336 e. The summed E-state index contributed by atoms with van der Waals surface area (Å²) in [4.78, 5) is 25.8. The van der Waals surface area contributed by atoms with Crippen molar-refractivity contribution in [2.24, 2.45) is 0 Å². The molecule has 1 aromatic carbocycles. The molecule has 2 N–H and O–H groups in total. The van der Waals surface area contributed by atoms with Gasteiger partial charge in [0, 0.05) is 22.7 Å². The zero-order valence-electron chi connectivity index (χ0n) is 10.1. The maximum atomic E-state index is 11.9. The van der Waals surface area contributed by atoms with Crippen LogP contribution >= 0.6 is 11.6 Å². The Morgan fingerprint density at radius 1 is 1.50 bits per heavy atom. The number of hydrogen-bond acceptors (Lipinski definition) is 6. The Hall–Kier alpha value is -2.68. The van der Waals surface area contributed by atoms with Crippen LogP contribution in [0.4, 0.5) is 11.6 Å². The fraction of sp³-hybridized carbons (Fsp3) is 0.100. The molecule has 0 saturated heterocycles. The van der Waals surface area contributed by atoms with Crippen LogP contribution in [0.3, 0.4) is 0 Å². The predicted octanol–water partition coefficient (Wildman–Crippen LogP) is 1.63. The van der Waals surface area contributed by atoms with Gasteiger partial charge in [-0.15, -0.1) is 5.10 Å². The summed E-state index contributed by atoms with van der Waals surface area (Å²) in [7, 11) is 1.37. The molecule has 0 fully saturated rings. The van der Waals surface area contributed by atoms with Gasteiger partial charge in [0.25, 0.3) is 11.6 Å². The minimum absolute atomic E-state index is 0.0274. The molecule has 0 aliphatic carbocycles. The number of nitro groups is 1. The van der Waals surface area contributed by atoms with Crippen molar-refractivity contribution >= 4 is 29.1 Å². The first-order valence-electron chi connectivity index (χ1n) is 5.22. The van der Waals surface area contributed by atoms with Gasteiger partial charge in [-0.3, -0.25) is 20.2 Å². The third-order valence-corrected chi connectivity index (χ3v) is 2.45. The number of benzene rings is 1. The van der Waals surface area contributed by atoms with E-state index in [0.717, 1.165) is 12.1 Å². The van der Waals surface area contributed by atoms with Crippen LogP contribution in [-0.2, 0) is 0 Å². The number of aromatic amines is 1. The Labute approximate surface area is 117 Å². The van der Waals surface area contributed by atoms with E-state index in [1.54, 1.807) is 0 Å². The van der Waals surface area contributed by atoms with Crippen molar-refractivity contribution in [2.45, 2.75) is 0 Å². The topological polar surface area (TPSA) is 123 Å². The summed E-state index contributed by atoms with van der Waals surface area (Å²) in [5.41, 5.74) is -0.252. The number of carbonyl (C=O) groups is 1. The molecule has 1 heterocycles. The molecule has 0 saturated carbocycles. The van der Waals surface area contributed by atoms with Crippen LogP contribution in [0, 0.1) is 10.1 Å². The summed E-state index contributed by atoms with van der Waals surface area (Å²) in [6.07, 6.45) is 0. The fourth-order valence-corrected chi connectivity index (χ4v) is 1.61. The van der Waals surface area contributed by atoms with Gasteiger partial charge in [0.05, 0.1) is 12.0 Å². The van der Waals surface area contributed by atoms with Crippen LogP contribution in [0.1, 0.15) is 10.4 Å². The molecule has 2 rings (SSSR count). The lowest BCUT2D eigenvalue weighted by Gasteiger charge is -2.02. The van der Waals surface area contributed by atoms with E-state index in [9.17, 15) is 14.9 Å². The third kappa shape index (κ3) is 3.01. The molecule has 20 heavy (non-hydrogen) atoms. The fourth-order valence-electron chi connectivity index (χ4n) is 1.38. The zero-order valence-corrected chi connectivity index (χ0v) is 10.8. The normalized spacial score (nSPS) is 10.1. The highest BCUT2D eigenvalue weighted by Crippen LogP contribution is 2.21. The van der Waals surface area contributed by atoms with E-state index >= 15 is 0 Å². The van der Waals surface area contributed by atoms with E-state index in [4.69, 9.17) is 16.3 Å². The molecule has 0 unspecified atom stereocenters. The minimum Gasteiger partial charge on any atom is -0.466 e. The summed E-state index contributed by atoms with van der Waals surface area (Å²) < 4.78 is 4.74. The number of ether oxygens (including phenoxy) is 1. The second-order valence-electron chi connectivity index (χ2n) is 3.58. The average molecular weight is 298 g/mol. The number of hydrogen-bond donors (Lipinski definition) is 2. The first-order chi connectivity index (χ1) is 9.49. The van der Waals surface area contributed by atoms with Gasteiger partial charge >= 0.3 is 6.01 Å². The molecule has 0 aliphatic heterocycles. The van der Waals surface area contributed by atoms with E-state index in [0.29, 0.717) is 0 Å². The predicted molar refractivity (Wildman–Crippen MR) is 69.0 cm³/mol. The first-order valence-corrected chi connectivity index (χ1v) is 5.60. The highest BCUT2D eigenvalue weighted by Gasteiger charge is 2.15. The zero-order chi connectivity index (χ0) is 14.7. The molecular formula is C10H8ClN5O4. The Morgan fingerprint density at radius 3 is 2.85 bits per heavy atom. The number of nitrogens with zero attached hydrogens (tertiary/aromatic N) is 3. The Morgan fingerprint density at radius 2 is 2.25 bits per heavy atom. The lowest BCUT2D eigenvalue weighted by atomic mass is 10.2. The van der Waals surface area contributed by atoms with Gasteiger partial charge < -0.3 is 4.74 Å². The number of aromatic nitrogens is 3. The first kappa shape index (κ1) is 13.7. The molecule has 2 aromatic rings. The van der Waals surface area contributed by atoms with Crippen molar-refractivity contribution in [3.63, 3.8) is 0 Å². The Bertz CT molecular complexity index is 671. The van der Waals surface area contributed by atoms with E-state index in [1.807, 2.05) is 0 Å². The van der Waals surface area contributed by atoms with Crippen LogP contribution < -0.4 is 10.1 Å². The van der Waals surface area contributed by atoms with Gasteiger partial charge in [-0.05, 0) is 6.07 Å². The van der Waals surface area contributed by atoms with Crippen molar-refractivity contribution in [3.05, 3.63) is 38.9 Å². The number of halogens is 1. The molecular weight excluding hydrogens is 290 g/mol. The van der Waals surface area contributed by atoms with Gasteiger partial charge in [0.1, 0.15) is 0 Å². The second kappa shape index (κ2) is 5.53. The van der Waals surface area contributed by atoms with E-state index in [2.05, 4.69) is 20.5 Å². The van der Waals surface area contributed by atoms with E-state index in [1.165, 1.54) is 13.2 Å². The molecule has 0 atom stereocenters. The summed E-state index contributed by atoms with van der Waals surface area (Å²) >= 11 is 5.73. The van der Waals surface area contributed by atoms with Gasteiger partial charge in [-0.25, -0.2) is 5.10 Å². The smallest absolute Gasteiger partial charge is 0.336 e. The molecule has 0 radical (unpaired) electrons. The molecule has 1 amide bonds. The number of non-ortho nitro benzene ring substituents is 1. The number of amides is 1. The number of carbonyl (C=O) groups excluding carboxylic acids is 1. The molecule has 0 bridgehead atoms. The van der Waals surface area contributed by atoms with Crippen molar-refractivity contribution in [1.82, 2.24) is 15.2 Å². The quantitative estimate of drug-likeness (QED) is 0.653. The highest BCUT2D eigenvalue weighted by molar-refractivity contribution is 6.31. The van der Waals surface area contributed by atoms with Crippen molar-refractivity contribution in [2.75, 3.05) is 12.4 Å². The molecule has 9 nitrogen and oxygen atoms in total. The van der Waals surface area contributed by atoms with Crippen LogP contribution in [0.2, 0.25) is 5.02 Å². The lowest BCUT2D eigenvalue weighted by Crippen LogP contribution is -2.13. The number of H-pyrrole nitrogens is 1. The lowest BCUT2D eigenvalue weighted by molar-refractivity contribution is -0.384. The number of anilines is 1. The molecule has 0 aliphatic rings. The van der Waals surface area contributed by atoms with Gasteiger partial charge in [-0.1, -0.05) is 11.6 Å². The Kier molecular flexibility index (Phi) is 3.80. The van der Waals surface area contributed by atoms with E-state index in [-0.39, 0.29) is 28.2 Å². The van der Waals surface area contributed by atoms with Crippen LogP contribution in [0.25, 0.3) is 0 Å². The molecule has 104 valence electrons. The molecule has 0 spiro atoms. The highest BCUT2D eigenvalue weighted by atomic mass is 35.5. The van der Waals surface area contributed by atoms with Crippen LogP contribution in [-0.4, -0.2) is 33.1 Å². The number of nitro benzene ring substituents is 1. The summed E-state index contributed by atoms with van der Waals surface area (Å²) in [6, 6.07) is 3.61. The second-order valence-corrected chi connectivity index (χ2v) is 4.02. The monoisotopic (exact) mass is 297 g/mol. The van der Waals surface area contributed by atoms with Crippen molar-refractivity contribution < 1.29 is 14.5 Å². The summed E-state index contributed by atoms with van der Waals surface area (Å²) in [5, 5.41) is 19.2. The van der Waals surface area contributed by atoms with Crippen LogP contribution in [0.5, 0.6) is 6.01 Å². The van der Waals surface area contributed by atoms with Gasteiger partial charge in [0.2, 0.25) is 5.95 Å². The largest absolute Gasteiger partial charge is 0.466 e. The minimum atomic E-state index is -0.639. The van der Waals surface area contributed by atoms with Crippen molar-refractivity contribution in [1.29, 1.82) is 0 Å². The average Bonchev–Trinajstić information content (AvgIpc) is 2.85. The van der Waals surface area contributed by atoms with Crippen LogP contribution in [0.15, 0.2) is 18.2 Å². The maximum absolute atomic E-state index is 11.9. The third-order valence-electron chi connectivity index (χ3n) is 2.23. The molecule has 10 heteroatoms. The number of methoxy groups -OCH3 is 1. The standard InChI is InChI=1S/C10H8ClN5O4/c1-20-10-13-9(14-15-10)12-8(17)5-2-6(11)4-7(3-5)16(18)19/h2-4H,1H3,(H2,12,13,14,15,17). The SMILES string of the molecule is COc1n[nH]c(NC(=O)c2cc(Cl)cc([N+](=O)[O-])c2)n1. The summed E-state index contributed by atoms with van der Waals surface area (Å²) in [6.45, 7) is 0. The summed E-state index contributed by atoms with van der Waals surface area (Å²) in [5.74, 6) is -0.566. The van der Waals surface area contributed by atoms with Crippen molar-refractivity contribution in [3.8, 4) is 6.01 Å². The number of rotatable bonds is 4. The van der Waals surface area contributed by atoms with E-state index < -0.39 is 10.8 Å². The van der Waals surface area contributed by atoms with Gasteiger partial charge in [-0.2, -0.15) is 4.98 Å². The number of nitrogens with one attached hydrogen (secondary N) is 2.